The van der Waals surface area contributed by atoms with Gasteiger partial charge < -0.3 is 15.5 Å². The van der Waals surface area contributed by atoms with Crippen LogP contribution in [0, 0.1) is 0 Å². The van der Waals surface area contributed by atoms with Crippen molar-refractivity contribution in [2.45, 2.75) is 6.42 Å². The molecule has 1 aromatic carbocycles. The summed E-state index contributed by atoms with van der Waals surface area (Å²) in [6.45, 7) is 0. The van der Waals surface area contributed by atoms with E-state index in [2.05, 4.69) is 10.3 Å². The van der Waals surface area contributed by atoms with Gasteiger partial charge in [-0.3, -0.25) is 4.79 Å². The molecule has 0 aliphatic rings. The first-order valence-electron chi connectivity index (χ1n) is 5.82. The van der Waals surface area contributed by atoms with Crippen molar-refractivity contribution >= 4 is 17.6 Å². The summed E-state index contributed by atoms with van der Waals surface area (Å²) in [4.78, 5) is 26.5. The van der Waals surface area contributed by atoms with Gasteiger partial charge in [0.15, 0.2) is 5.69 Å². The summed E-state index contributed by atoms with van der Waals surface area (Å²) in [6, 6.07) is 9.23. The predicted octanol–water partition coefficient (Wildman–Crippen LogP) is 1.67. The highest BCUT2D eigenvalue weighted by Gasteiger charge is 2.13. The number of amides is 1. The second kappa shape index (κ2) is 5.83. The molecule has 0 radical (unpaired) electrons. The minimum absolute atomic E-state index is 0.0776. The molecule has 20 heavy (non-hydrogen) atoms. The maximum absolute atomic E-state index is 11.8. The first-order chi connectivity index (χ1) is 9.56. The largest absolute Gasteiger partial charge is 0.508 e. The normalized spacial score (nSPS) is 10.0. The van der Waals surface area contributed by atoms with E-state index < -0.39 is 5.97 Å². The number of pyridine rings is 1. The van der Waals surface area contributed by atoms with Gasteiger partial charge in [-0.25, -0.2) is 9.78 Å². The quantitative estimate of drug-likeness (QED) is 0.786. The van der Waals surface area contributed by atoms with E-state index in [4.69, 9.17) is 10.2 Å². The van der Waals surface area contributed by atoms with Crippen LogP contribution in [-0.4, -0.2) is 27.1 Å². The van der Waals surface area contributed by atoms with Gasteiger partial charge in [0.2, 0.25) is 5.91 Å². The number of nitrogens with zero attached hydrogens (tertiary/aromatic N) is 1. The molecular formula is C14H12N2O4. The van der Waals surface area contributed by atoms with Crippen LogP contribution in [0.25, 0.3) is 0 Å². The Bertz CT molecular complexity index is 638. The number of phenols is 1. The monoisotopic (exact) mass is 272 g/mol. The number of nitrogens with one attached hydrogen (secondary N) is 1. The first kappa shape index (κ1) is 13.5. The zero-order chi connectivity index (χ0) is 14.5. The summed E-state index contributed by atoms with van der Waals surface area (Å²) >= 11 is 0. The molecule has 0 saturated carbocycles. The van der Waals surface area contributed by atoms with Gasteiger partial charge in [-0.1, -0.05) is 12.1 Å². The third-order valence-electron chi connectivity index (χ3n) is 2.59. The van der Waals surface area contributed by atoms with Crippen LogP contribution < -0.4 is 5.32 Å². The average molecular weight is 272 g/mol. The van der Waals surface area contributed by atoms with Gasteiger partial charge in [0.25, 0.3) is 0 Å². The van der Waals surface area contributed by atoms with Gasteiger partial charge in [0, 0.05) is 6.20 Å². The summed E-state index contributed by atoms with van der Waals surface area (Å²) < 4.78 is 0. The van der Waals surface area contributed by atoms with Gasteiger partial charge in [-0.2, -0.15) is 0 Å². The molecule has 0 bridgehead atoms. The molecule has 6 heteroatoms. The van der Waals surface area contributed by atoms with Gasteiger partial charge in [0.05, 0.1) is 12.1 Å². The minimum atomic E-state index is -1.20. The Balaban J connectivity index is 2.08. The van der Waals surface area contributed by atoms with Crippen molar-refractivity contribution in [1.29, 1.82) is 0 Å². The number of anilines is 1. The number of phenolic OH excluding ortho intramolecular Hbond substituents is 1. The molecule has 0 saturated heterocycles. The molecule has 1 heterocycles. The van der Waals surface area contributed by atoms with Gasteiger partial charge in [0.1, 0.15) is 5.75 Å². The van der Waals surface area contributed by atoms with Crippen LogP contribution in [0.3, 0.4) is 0 Å². The number of rotatable bonds is 4. The molecule has 0 aliphatic carbocycles. The summed E-state index contributed by atoms with van der Waals surface area (Å²) in [5.74, 6) is -1.44. The molecule has 2 rings (SSSR count). The van der Waals surface area contributed by atoms with Crippen molar-refractivity contribution in [2.75, 3.05) is 5.32 Å². The van der Waals surface area contributed by atoms with E-state index in [1.165, 1.54) is 24.4 Å². The lowest BCUT2D eigenvalue weighted by Gasteiger charge is -2.07. The third-order valence-corrected chi connectivity index (χ3v) is 2.59. The lowest BCUT2D eigenvalue weighted by Crippen LogP contribution is -2.17. The van der Waals surface area contributed by atoms with E-state index in [-0.39, 0.29) is 29.5 Å². The molecule has 102 valence electrons. The van der Waals surface area contributed by atoms with Crippen LogP contribution in [0.1, 0.15) is 16.1 Å². The Morgan fingerprint density at radius 2 is 1.85 bits per heavy atom. The first-order valence-corrected chi connectivity index (χ1v) is 5.82. The number of benzene rings is 1. The Kier molecular flexibility index (Phi) is 3.95. The number of carboxylic acid groups (broad SMARTS) is 1. The van der Waals surface area contributed by atoms with Crippen LogP contribution in [0.4, 0.5) is 5.69 Å². The lowest BCUT2D eigenvalue weighted by molar-refractivity contribution is -0.115. The Labute approximate surface area is 114 Å². The van der Waals surface area contributed by atoms with Crippen LogP contribution in [-0.2, 0) is 11.2 Å². The molecule has 0 spiro atoms. The standard InChI is InChI=1S/C14H12N2O4/c17-10-5-3-9(4-6-10)8-12(18)16-11-2-1-7-15-13(11)14(19)20/h1-7,17H,8H2,(H,16,18)(H,19,20). The SMILES string of the molecule is O=C(Cc1ccc(O)cc1)Nc1cccnc1C(=O)O. The minimum Gasteiger partial charge on any atom is -0.508 e. The average Bonchev–Trinajstić information content (AvgIpc) is 2.41. The van der Waals surface area contributed by atoms with Crippen molar-refractivity contribution in [3.05, 3.63) is 53.9 Å². The highest BCUT2D eigenvalue weighted by Crippen LogP contribution is 2.14. The van der Waals surface area contributed by atoms with Crippen LogP contribution in [0.2, 0.25) is 0 Å². The zero-order valence-corrected chi connectivity index (χ0v) is 10.4. The molecule has 3 N–H and O–H groups in total. The number of carbonyl (C=O) groups is 2. The summed E-state index contributed by atoms with van der Waals surface area (Å²) in [7, 11) is 0. The second-order valence-electron chi connectivity index (χ2n) is 4.10. The van der Waals surface area contributed by atoms with Crippen molar-refractivity contribution < 1.29 is 19.8 Å². The van der Waals surface area contributed by atoms with E-state index in [1.54, 1.807) is 18.2 Å². The van der Waals surface area contributed by atoms with Crippen molar-refractivity contribution in [1.82, 2.24) is 4.98 Å². The summed E-state index contributed by atoms with van der Waals surface area (Å²) in [6.07, 6.45) is 1.42. The number of aromatic carboxylic acids is 1. The lowest BCUT2D eigenvalue weighted by atomic mass is 10.1. The maximum atomic E-state index is 11.8. The van der Waals surface area contributed by atoms with Crippen LogP contribution >= 0.6 is 0 Å². The highest BCUT2D eigenvalue weighted by molar-refractivity contribution is 5.99. The number of carboxylic acids is 1. The van der Waals surface area contributed by atoms with Crippen LogP contribution in [0.15, 0.2) is 42.6 Å². The Hall–Kier alpha value is -2.89. The maximum Gasteiger partial charge on any atom is 0.356 e. The summed E-state index contributed by atoms with van der Waals surface area (Å²) in [5.41, 5.74) is 0.663. The number of hydrogen-bond donors (Lipinski definition) is 3. The van der Waals surface area contributed by atoms with E-state index >= 15 is 0 Å². The number of carbonyl (C=O) groups excluding carboxylic acids is 1. The van der Waals surface area contributed by atoms with E-state index in [0.29, 0.717) is 5.56 Å². The molecule has 0 atom stereocenters. The smallest absolute Gasteiger partial charge is 0.356 e. The predicted molar refractivity (Wildman–Crippen MR) is 71.6 cm³/mol. The second-order valence-corrected chi connectivity index (χ2v) is 4.10. The fraction of sp³-hybridized carbons (Fsp3) is 0.0714. The molecule has 2 aromatic rings. The number of aromatic nitrogens is 1. The van der Waals surface area contributed by atoms with Gasteiger partial charge in [-0.05, 0) is 29.8 Å². The molecule has 6 nitrogen and oxygen atoms in total. The van der Waals surface area contributed by atoms with E-state index in [1.807, 2.05) is 0 Å². The molecule has 1 amide bonds. The van der Waals surface area contributed by atoms with Crippen molar-refractivity contribution in [3.8, 4) is 5.75 Å². The molecule has 0 fully saturated rings. The Morgan fingerprint density at radius 1 is 1.15 bits per heavy atom. The third kappa shape index (κ3) is 3.32. The van der Waals surface area contributed by atoms with Crippen LogP contribution in [0.5, 0.6) is 5.75 Å². The molecular weight excluding hydrogens is 260 g/mol. The molecule has 0 aliphatic heterocycles. The molecule has 0 unspecified atom stereocenters. The van der Waals surface area contributed by atoms with Crippen molar-refractivity contribution in [3.63, 3.8) is 0 Å². The summed E-state index contributed by atoms with van der Waals surface area (Å²) in [5, 5.41) is 20.6. The van der Waals surface area contributed by atoms with Crippen molar-refractivity contribution in [2.24, 2.45) is 0 Å². The van der Waals surface area contributed by atoms with Gasteiger partial charge in [-0.15, -0.1) is 0 Å². The van der Waals surface area contributed by atoms with E-state index in [0.717, 1.165) is 0 Å². The molecule has 1 aromatic heterocycles. The number of aromatic hydroxyl groups is 1. The van der Waals surface area contributed by atoms with E-state index in [9.17, 15) is 9.59 Å². The zero-order valence-electron chi connectivity index (χ0n) is 10.4. The Morgan fingerprint density at radius 3 is 2.50 bits per heavy atom. The van der Waals surface area contributed by atoms with Gasteiger partial charge >= 0.3 is 5.97 Å². The fourth-order valence-electron chi connectivity index (χ4n) is 1.67. The fourth-order valence-corrected chi connectivity index (χ4v) is 1.67. The highest BCUT2D eigenvalue weighted by atomic mass is 16.4. The number of hydrogen-bond acceptors (Lipinski definition) is 4. The topological polar surface area (TPSA) is 99.5 Å².